The summed E-state index contributed by atoms with van der Waals surface area (Å²) in [5.41, 5.74) is 1.27. The molecular weight excluding hydrogens is 252 g/mol. The van der Waals surface area contributed by atoms with Crippen LogP contribution in [0.15, 0.2) is 30.3 Å². The van der Waals surface area contributed by atoms with Gasteiger partial charge in [0, 0.05) is 26.2 Å². The van der Waals surface area contributed by atoms with Crippen molar-refractivity contribution in [2.45, 2.75) is 38.0 Å². The molecule has 2 aliphatic heterocycles. The summed E-state index contributed by atoms with van der Waals surface area (Å²) in [7, 11) is 0. The highest BCUT2D eigenvalue weighted by molar-refractivity contribution is 5.82. The number of nitrogens with zero attached hydrogens (tertiary/aromatic N) is 1. The van der Waals surface area contributed by atoms with Crippen LogP contribution in [0.5, 0.6) is 0 Å². The summed E-state index contributed by atoms with van der Waals surface area (Å²) in [4.78, 5) is 14.4. The largest absolute Gasteiger partial charge is 0.376 e. The van der Waals surface area contributed by atoms with Crippen molar-refractivity contribution >= 4 is 5.91 Å². The lowest BCUT2D eigenvalue weighted by Crippen LogP contribution is -2.56. The number of carbonyl (C=O) groups is 1. The smallest absolute Gasteiger partial charge is 0.237 e. The molecule has 4 heteroatoms. The van der Waals surface area contributed by atoms with Crippen molar-refractivity contribution in [3.05, 3.63) is 35.9 Å². The Labute approximate surface area is 120 Å². The summed E-state index contributed by atoms with van der Waals surface area (Å²) < 4.78 is 5.53. The van der Waals surface area contributed by atoms with Crippen LogP contribution < -0.4 is 5.32 Å². The Morgan fingerprint density at radius 2 is 2.15 bits per heavy atom. The number of benzene rings is 1. The van der Waals surface area contributed by atoms with Crippen LogP contribution in [0.25, 0.3) is 0 Å². The molecule has 0 unspecified atom stereocenters. The maximum atomic E-state index is 12.2. The number of carbonyl (C=O) groups excluding carboxylic acids is 1. The second-order valence-corrected chi connectivity index (χ2v) is 5.64. The van der Waals surface area contributed by atoms with Crippen LogP contribution in [0, 0.1) is 0 Å². The summed E-state index contributed by atoms with van der Waals surface area (Å²) in [5.74, 6) is 0.155. The number of nitrogens with one attached hydrogen (secondary N) is 1. The van der Waals surface area contributed by atoms with Gasteiger partial charge in [0.05, 0.1) is 12.1 Å². The molecule has 1 N–H and O–H groups in total. The van der Waals surface area contributed by atoms with Crippen LogP contribution in [0.3, 0.4) is 0 Å². The molecule has 0 spiro atoms. The fraction of sp³-hybridized carbons (Fsp3) is 0.562. The molecule has 1 aromatic rings. The first kappa shape index (κ1) is 13.6. The van der Waals surface area contributed by atoms with Gasteiger partial charge in [-0.15, -0.1) is 0 Å². The first-order chi connectivity index (χ1) is 9.83. The van der Waals surface area contributed by atoms with Crippen LogP contribution in [0.4, 0.5) is 0 Å². The van der Waals surface area contributed by atoms with Crippen LogP contribution in [-0.4, -0.2) is 42.6 Å². The Morgan fingerprint density at radius 3 is 2.80 bits per heavy atom. The molecule has 0 bridgehead atoms. The van der Waals surface area contributed by atoms with E-state index in [2.05, 4.69) is 22.3 Å². The Balaban J connectivity index is 1.46. The van der Waals surface area contributed by atoms with E-state index in [0.29, 0.717) is 6.54 Å². The number of ether oxygens (including phenoxy) is 1. The highest BCUT2D eigenvalue weighted by atomic mass is 16.5. The number of hydrogen-bond donors (Lipinski definition) is 1. The second-order valence-electron chi connectivity index (χ2n) is 5.64. The first-order valence-electron chi connectivity index (χ1n) is 7.50. The van der Waals surface area contributed by atoms with E-state index >= 15 is 0 Å². The van der Waals surface area contributed by atoms with Gasteiger partial charge in [-0.1, -0.05) is 30.3 Å². The van der Waals surface area contributed by atoms with Crippen molar-refractivity contribution in [2.75, 3.05) is 19.7 Å². The molecule has 20 heavy (non-hydrogen) atoms. The van der Waals surface area contributed by atoms with Crippen molar-refractivity contribution in [2.24, 2.45) is 0 Å². The van der Waals surface area contributed by atoms with Gasteiger partial charge in [0.15, 0.2) is 0 Å². The summed E-state index contributed by atoms with van der Waals surface area (Å²) >= 11 is 0. The highest BCUT2D eigenvalue weighted by Crippen LogP contribution is 2.20. The Morgan fingerprint density at radius 1 is 1.30 bits per heavy atom. The monoisotopic (exact) mass is 274 g/mol. The zero-order chi connectivity index (χ0) is 13.8. The Kier molecular flexibility index (Phi) is 4.33. The van der Waals surface area contributed by atoms with E-state index in [0.717, 1.165) is 39.0 Å². The third kappa shape index (κ3) is 3.19. The molecule has 2 fully saturated rings. The minimum absolute atomic E-state index is 0.0385. The van der Waals surface area contributed by atoms with E-state index in [-0.39, 0.29) is 18.1 Å². The molecule has 0 aromatic heterocycles. The topological polar surface area (TPSA) is 41.6 Å². The minimum atomic E-state index is 0.0385. The molecule has 2 atom stereocenters. The molecule has 1 aromatic carbocycles. The molecule has 0 saturated carbocycles. The summed E-state index contributed by atoms with van der Waals surface area (Å²) in [6.45, 7) is 3.37. The fourth-order valence-corrected chi connectivity index (χ4v) is 2.88. The van der Waals surface area contributed by atoms with Gasteiger partial charge >= 0.3 is 0 Å². The first-order valence-corrected chi connectivity index (χ1v) is 7.50. The Bertz CT molecular complexity index is 443. The normalized spacial score (nSPS) is 26.2. The van der Waals surface area contributed by atoms with E-state index < -0.39 is 0 Å². The SMILES string of the molecule is O=C(NC[C@H]1CCCO1)[C@H]1CCN1Cc1ccccc1. The maximum absolute atomic E-state index is 12.2. The summed E-state index contributed by atoms with van der Waals surface area (Å²) in [6, 6.07) is 10.4. The lowest BCUT2D eigenvalue weighted by molar-refractivity contribution is -0.131. The Hall–Kier alpha value is -1.39. The quantitative estimate of drug-likeness (QED) is 0.886. The van der Waals surface area contributed by atoms with E-state index in [1.54, 1.807) is 0 Å². The number of rotatable bonds is 5. The van der Waals surface area contributed by atoms with Gasteiger partial charge in [-0.05, 0) is 24.8 Å². The lowest BCUT2D eigenvalue weighted by atomic mass is 10.0. The third-order valence-corrected chi connectivity index (χ3v) is 4.19. The third-order valence-electron chi connectivity index (χ3n) is 4.19. The van der Waals surface area contributed by atoms with Gasteiger partial charge in [0.2, 0.25) is 5.91 Å². The van der Waals surface area contributed by atoms with Gasteiger partial charge < -0.3 is 10.1 Å². The predicted octanol–water partition coefficient (Wildman–Crippen LogP) is 1.56. The van der Waals surface area contributed by atoms with Crippen LogP contribution in [-0.2, 0) is 16.1 Å². The lowest BCUT2D eigenvalue weighted by Gasteiger charge is -2.39. The fourth-order valence-electron chi connectivity index (χ4n) is 2.88. The number of hydrogen-bond acceptors (Lipinski definition) is 3. The van der Waals surface area contributed by atoms with Crippen molar-refractivity contribution in [1.29, 1.82) is 0 Å². The van der Waals surface area contributed by atoms with Crippen LogP contribution >= 0.6 is 0 Å². The van der Waals surface area contributed by atoms with Crippen LogP contribution in [0.1, 0.15) is 24.8 Å². The van der Waals surface area contributed by atoms with Gasteiger partial charge in [-0.3, -0.25) is 9.69 Å². The van der Waals surface area contributed by atoms with Gasteiger partial charge in [0.1, 0.15) is 0 Å². The average molecular weight is 274 g/mol. The van der Waals surface area contributed by atoms with Gasteiger partial charge in [-0.25, -0.2) is 0 Å². The molecule has 2 saturated heterocycles. The van der Waals surface area contributed by atoms with Crippen LogP contribution in [0.2, 0.25) is 0 Å². The molecule has 0 radical (unpaired) electrons. The molecule has 1 amide bonds. The highest BCUT2D eigenvalue weighted by Gasteiger charge is 2.34. The molecule has 0 aliphatic carbocycles. The van der Waals surface area contributed by atoms with Crippen molar-refractivity contribution in [3.63, 3.8) is 0 Å². The number of likely N-dealkylation sites (tertiary alicyclic amines) is 1. The van der Waals surface area contributed by atoms with E-state index in [1.165, 1.54) is 5.56 Å². The van der Waals surface area contributed by atoms with E-state index in [4.69, 9.17) is 4.74 Å². The molecule has 108 valence electrons. The molecule has 2 heterocycles. The van der Waals surface area contributed by atoms with Crippen molar-refractivity contribution in [3.8, 4) is 0 Å². The molecule has 4 nitrogen and oxygen atoms in total. The molecule has 3 rings (SSSR count). The molecule has 2 aliphatic rings. The summed E-state index contributed by atoms with van der Waals surface area (Å²) in [5, 5.41) is 3.04. The standard InChI is InChI=1S/C16H22N2O2/c19-16(17-11-14-7-4-10-20-14)15-8-9-18(15)12-13-5-2-1-3-6-13/h1-3,5-6,14-15H,4,7-12H2,(H,17,19)/t14-,15-/m1/s1. The van der Waals surface area contributed by atoms with Gasteiger partial charge in [-0.2, -0.15) is 0 Å². The molecular formula is C16H22N2O2. The summed E-state index contributed by atoms with van der Waals surface area (Å²) in [6.07, 6.45) is 3.37. The van der Waals surface area contributed by atoms with Crippen molar-refractivity contribution < 1.29 is 9.53 Å². The number of amides is 1. The van der Waals surface area contributed by atoms with E-state index in [1.807, 2.05) is 18.2 Å². The predicted molar refractivity (Wildman–Crippen MR) is 77.2 cm³/mol. The minimum Gasteiger partial charge on any atom is -0.376 e. The van der Waals surface area contributed by atoms with Gasteiger partial charge in [0.25, 0.3) is 0 Å². The maximum Gasteiger partial charge on any atom is 0.237 e. The van der Waals surface area contributed by atoms with Crippen molar-refractivity contribution in [1.82, 2.24) is 10.2 Å². The second kappa shape index (κ2) is 6.37. The average Bonchev–Trinajstić information content (AvgIpc) is 2.96. The zero-order valence-electron chi connectivity index (χ0n) is 11.8. The van der Waals surface area contributed by atoms with E-state index in [9.17, 15) is 4.79 Å². The zero-order valence-corrected chi connectivity index (χ0v) is 11.8.